The Labute approximate surface area is 127 Å². The van der Waals surface area contributed by atoms with E-state index in [1.165, 1.54) is 13.2 Å². The zero-order chi connectivity index (χ0) is 15.1. The Morgan fingerprint density at radius 3 is 2.95 bits per heavy atom. The van der Waals surface area contributed by atoms with Crippen LogP contribution in [0.3, 0.4) is 0 Å². The van der Waals surface area contributed by atoms with E-state index in [4.69, 9.17) is 9.47 Å². The third-order valence-electron chi connectivity index (χ3n) is 2.84. The van der Waals surface area contributed by atoms with Gasteiger partial charge < -0.3 is 19.9 Å². The maximum Gasteiger partial charge on any atom is 0.146 e. The van der Waals surface area contributed by atoms with Gasteiger partial charge in [0.1, 0.15) is 11.6 Å². The lowest BCUT2D eigenvalue weighted by Gasteiger charge is -2.14. The molecule has 6 heteroatoms. The van der Waals surface area contributed by atoms with Crippen LogP contribution in [-0.2, 0) is 11.3 Å². The average molecular weight is 311 g/mol. The SMILES string of the molecule is COc1ccc(F)c(NCC(O)COCc2cccs2)c1. The molecule has 1 aromatic heterocycles. The summed E-state index contributed by atoms with van der Waals surface area (Å²) >= 11 is 1.61. The van der Waals surface area contributed by atoms with E-state index < -0.39 is 6.10 Å². The maximum atomic E-state index is 13.6. The lowest BCUT2D eigenvalue weighted by Crippen LogP contribution is -2.25. The Balaban J connectivity index is 1.74. The van der Waals surface area contributed by atoms with Crippen molar-refractivity contribution in [2.45, 2.75) is 12.7 Å². The number of nitrogens with one attached hydrogen (secondary N) is 1. The number of ether oxygens (including phenoxy) is 2. The zero-order valence-corrected chi connectivity index (χ0v) is 12.5. The van der Waals surface area contributed by atoms with Crippen LogP contribution in [0.15, 0.2) is 35.7 Å². The van der Waals surface area contributed by atoms with Crippen molar-refractivity contribution in [3.05, 3.63) is 46.4 Å². The summed E-state index contributed by atoms with van der Waals surface area (Å²) in [6.45, 7) is 0.868. The van der Waals surface area contributed by atoms with Crippen LogP contribution in [0.5, 0.6) is 5.75 Å². The molecule has 0 spiro atoms. The summed E-state index contributed by atoms with van der Waals surface area (Å²) in [6, 6.07) is 8.34. The molecular weight excluding hydrogens is 293 g/mol. The normalized spacial score (nSPS) is 12.1. The van der Waals surface area contributed by atoms with E-state index in [1.54, 1.807) is 23.5 Å². The first-order valence-electron chi connectivity index (χ1n) is 6.54. The number of aliphatic hydroxyl groups is 1. The van der Waals surface area contributed by atoms with Crippen LogP contribution < -0.4 is 10.1 Å². The van der Waals surface area contributed by atoms with Gasteiger partial charge in [0, 0.05) is 17.5 Å². The molecule has 4 nitrogen and oxygen atoms in total. The molecule has 0 aliphatic rings. The molecule has 0 saturated carbocycles. The summed E-state index contributed by atoms with van der Waals surface area (Å²) < 4.78 is 24.0. The molecule has 21 heavy (non-hydrogen) atoms. The summed E-state index contributed by atoms with van der Waals surface area (Å²) in [7, 11) is 1.52. The fourth-order valence-corrected chi connectivity index (χ4v) is 2.38. The van der Waals surface area contributed by atoms with Gasteiger partial charge in [-0.2, -0.15) is 0 Å². The van der Waals surface area contributed by atoms with Gasteiger partial charge in [-0.05, 0) is 23.6 Å². The second-order valence-corrected chi connectivity index (χ2v) is 5.51. The summed E-state index contributed by atoms with van der Waals surface area (Å²) in [5, 5.41) is 14.6. The molecule has 0 aliphatic heterocycles. The van der Waals surface area contributed by atoms with Crippen molar-refractivity contribution in [3.63, 3.8) is 0 Å². The number of halogens is 1. The van der Waals surface area contributed by atoms with E-state index >= 15 is 0 Å². The second kappa shape index (κ2) is 7.97. The highest BCUT2D eigenvalue weighted by Crippen LogP contribution is 2.20. The fourth-order valence-electron chi connectivity index (χ4n) is 1.74. The van der Waals surface area contributed by atoms with Crippen molar-refractivity contribution < 1.29 is 19.0 Å². The number of rotatable bonds is 8. The van der Waals surface area contributed by atoms with E-state index in [0.29, 0.717) is 18.0 Å². The third-order valence-corrected chi connectivity index (χ3v) is 3.69. The predicted octanol–water partition coefficient (Wildman–Crippen LogP) is 2.89. The lowest BCUT2D eigenvalue weighted by molar-refractivity contribution is 0.0358. The molecule has 1 unspecified atom stereocenters. The molecule has 2 aromatic rings. The molecule has 1 atom stereocenters. The van der Waals surface area contributed by atoms with Gasteiger partial charge in [-0.25, -0.2) is 4.39 Å². The molecule has 1 heterocycles. The van der Waals surface area contributed by atoms with Crippen LogP contribution in [-0.4, -0.2) is 31.5 Å². The Hall–Kier alpha value is -1.63. The Morgan fingerprint density at radius 1 is 1.38 bits per heavy atom. The first-order chi connectivity index (χ1) is 10.2. The zero-order valence-electron chi connectivity index (χ0n) is 11.7. The molecule has 2 N–H and O–H groups in total. The number of methoxy groups -OCH3 is 1. The van der Waals surface area contributed by atoms with Crippen LogP contribution >= 0.6 is 11.3 Å². The van der Waals surface area contributed by atoms with Crippen LogP contribution in [0.1, 0.15) is 4.88 Å². The first kappa shape index (κ1) is 15.8. The second-order valence-electron chi connectivity index (χ2n) is 4.47. The van der Waals surface area contributed by atoms with Gasteiger partial charge in [0.05, 0.1) is 32.1 Å². The standard InChI is InChI=1S/C15H18FNO3S/c1-19-12-4-5-14(16)15(7-12)17-8-11(18)9-20-10-13-3-2-6-21-13/h2-7,11,17-18H,8-10H2,1H3. The molecule has 1 aromatic carbocycles. The molecule has 0 saturated heterocycles. The Kier molecular flexibility index (Phi) is 5.98. The van der Waals surface area contributed by atoms with Crippen molar-refractivity contribution in [1.82, 2.24) is 0 Å². The topological polar surface area (TPSA) is 50.7 Å². The van der Waals surface area contributed by atoms with Crippen molar-refractivity contribution in [2.24, 2.45) is 0 Å². The maximum absolute atomic E-state index is 13.6. The van der Waals surface area contributed by atoms with Crippen LogP contribution in [0.25, 0.3) is 0 Å². The van der Waals surface area contributed by atoms with Crippen molar-refractivity contribution in [1.29, 1.82) is 0 Å². The largest absolute Gasteiger partial charge is 0.497 e. The molecule has 0 amide bonds. The van der Waals surface area contributed by atoms with Gasteiger partial charge in [0.15, 0.2) is 0 Å². The molecule has 0 radical (unpaired) electrons. The van der Waals surface area contributed by atoms with Crippen LogP contribution in [0.4, 0.5) is 10.1 Å². The van der Waals surface area contributed by atoms with Gasteiger partial charge in [0.2, 0.25) is 0 Å². The third kappa shape index (κ3) is 5.00. The number of benzene rings is 1. The number of aliphatic hydroxyl groups excluding tert-OH is 1. The fraction of sp³-hybridized carbons (Fsp3) is 0.333. The number of hydrogen-bond acceptors (Lipinski definition) is 5. The van der Waals surface area contributed by atoms with Gasteiger partial charge in [0.25, 0.3) is 0 Å². The highest BCUT2D eigenvalue weighted by Gasteiger charge is 2.08. The van der Waals surface area contributed by atoms with Crippen LogP contribution in [0, 0.1) is 5.82 Å². The lowest BCUT2D eigenvalue weighted by atomic mass is 10.2. The first-order valence-corrected chi connectivity index (χ1v) is 7.42. The number of hydrogen-bond donors (Lipinski definition) is 2. The minimum absolute atomic E-state index is 0.191. The van der Waals surface area contributed by atoms with Gasteiger partial charge >= 0.3 is 0 Å². The molecule has 0 aliphatic carbocycles. The summed E-state index contributed by atoms with van der Waals surface area (Å²) in [5.74, 6) is 0.171. The van der Waals surface area contributed by atoms with Crippen LogP contribution in [0.2, 0.25) is 0 Å². The van der Waals surface area contributed by atoms with Crippen molar-refractivity contribution >= 4 is 17.0 Å². The molecule has 0 bridgehead atoms. The smallest absolute Gasteiger partial charge is 0.146 e. The van der Waals surface area contributed by atoms with E-state index in [2.05, 4.69) is 5.32 Å². The molecule has 0 fully saturated rings. The minimum Gasteiger partial charge on any atom is -0.497 e. The molecule has 114 valence electrons. The highest BCUT2D eigenvalue weighted by molar-refractivity contribution is 7.09. The highest BCUT2D eigenvalue weighted by atomic mass is 32.1. The average Bonchev–Trinajstić information content (AvgIpc) is 3.00. The Morgan fingerprint density at radius 2 is 2.24 bits per heavy atom. The van der Waals surface area contributed by atoms with Crippen molar-refractivity contribution in [2.75, 3.05) is 25.6 Å². The summed E-state index contributed by atoms with van der Waals surface area (Å²) in [6.07, 6.45) is -0.712. The number of anilines is 1. The van der Waals surface area contributed by atoms with Gasteiger partial charge in [-0.15, -0.1) is 11.3 Å². The van der Waals surface area contributed by atoms with E-state index in [-0.39, 0.29) is 19.0 Å². The van der Waals surface area contributed by atoms with Gasteiger partial charge in [-0.3, -0.25) is 0 Å². The van der Waals surface area contributed by atoms with Gasteiger partial charge in [-0.1, -0.05) is 6.07 Å². The molecular formula is C15H18FNO3S. The van der Waals surface area contributed by atoms with E-state index in [0.717, 1.165) is 4.88 Å². The van der Waals surface area contributed by atoms with Crippen molar-refractivity contribution in [3.8, 4) is 5.75 Å². The summed E-state index contributed by atoms with van der Waals surface area (Å²) in [5.41, 5.74) is 0.298. The Bertz CT molecular complexity index is 548. The molecule has 2 rings (SSSR count). The number of thiophene rings is 1. The van der Waals surface area contributed by atoms with E-state index in [9.17, 15) is 9.50 Å². The quantitative estimate of drug-likeness (QED) is 0.787. The van der Waals surface area contributed by atoms with E-state index in [1.807, 2.05) is 17.5 Å². The predicted molar refractivity (Wildman–Crippen MR) is 81.4 cm³/mol. The monoisotopic (exact) mass is 311 g/mol. The minimum atomic E-state index is -0.712. The summed E-state index contributed by atoms with van der Waals surface area (Å²) in [4.78, 5) is 1.11.